The molecule has 180 valence electrons. The summed E-state index contributed by atoms with van der Waals surface area (Å²) in [4.78, 5) is 27.9. The van der Waals surface area contributed by atoms with Gasteiger partial charge in [-0.15, -0.1) is 0 Å². The molecule has 2 atom stereocenters. The molecule has 7 heteroatoms. The highest BCUT2D eigenvalue weighted by molar-refractivity contribution is 6.46. The lowest BCUT2D eigenvalue weighted by molar-refractivity contribution is -0.140. The third kappa shape index (κ3) is 4.57. The Balaban J connectivity index is 1.85. The number of carbonyl (C=O) groups is 2. The van der Waals surface area contributed by atoms with Crippen LogP contribution < -0.4 is 4.74 Å². The van der Waals surface area contributed by atoms with Crippen LogP contribution in [0.5, 0.6) is 5.75 Å². The number of hydrogen-bond acceptors (Lipinski definition) is 5. The molecule has 2 aliphatic rings. The van der Waals surface area contributed by atoms with Gasteiger partial charge in [-0.2, -0.15) is 0 Å². The van der Waals surface area contributed by atoms with E-state index in [-0.39, 0.29) is 29.4 Å². The number of Topliss-reactive ketones (excluding diaryl/α,β-unsaturated/α-hetero) is 1. The first-order valence-electron chi connectivity index (χ1n) is 11.5. The fourth-order valence-corrected chi connectivity index (χ4v) is 4.79. The second-order valence-electron chi connectivity index (χ2n) is 9.80. The summed E-state index contributed by atoms with van der Waals surface area (Å²) in [5.74, 6) is -0.858. The molecular weight excluding hydrogens is 454 g/mol. The number of likely N-dealkylation sites (tertiary alicyclic amines) is 1. The van der Waals surface area contributed by atoms with Crippen LogP contribution in [-0.2, 0) is 19.7 Å². The van der Waals surface area contributed by atoms with Crippen molar-refractivity contribution in [3.8, 4) is 5.75 Å². The van der Waals surface area contributed by atoms with Crippen LogP contribution in [0.15, 0.2) is 48.0 Å². The van der Waals surface area contributed by atoms with E-state index in [4.69, 9.17) is 21.1 Å². The van der Waals surface area contributed by atoms with E-state index in [1.807, 2.05) is 26.8 Å². The first-order valence-corrected chi connectivity index (χ1v) is 11.8. The number of aliphatic hydroxyl groups excluding tert-OH is 1. The van der Waals surface area contributed by atoms with Gasteiger partial charge in [-0.25, -0.2) is 0 Å². The Labute approximate surface area is 205 Å². The van der Waals surface area contributed by atoms with Crippen molar-refractivity contribution in [1.82, 2.24) is 4.90 Å². The van der Waals surface area contributed by atoms with Crippen molar-refractivity contribution in [2.75, 3.05) is 20.3 Å². The minimum Gasteiger partial charge on any atom is -0.507 e. The maximum atomic E-state index is 13.3. The first kappa shape index (κ1) is 24.3. The van der Waals surface area contributed by atoms with Crippen LogP contribution in [0.2, 0.25) is 5.02 Å². The number of nitrogens with zero attached hydrogens (tertiary/aromatic N) is 1. The van der Waals surface area contributed by atoms with E-state index < -0.39 is 17.7 Å². The lowest BCUT2D eigenvalue weighted by Gasteiger charge is -2.27. The minimum atomic E-state index is -0.735. The minimum absolute atomic E-state index is 0.0651. The topological polar surface area (TPSA) is 76.1 Å². The summed E-state index contributed by atoms with van der Waals surface area (Å²) in [5.41, 5.74) is 1.85. The molecule has 0 saturated carbocycles. The van der Waals surface area contributed by atoms with E-state index in [1.54, 1.807) is 43.5 Å². The molecule has 6 nitrogen and oxygen atoms in total. The molecular formula is C27H30ClNO5. The maximum Gasteiger partial charge on any atom is 0.295 e. The molecule has 2 fully saturated rings. The summed E-state index contributed by atoms with van der Waals surface area (Å²) < 4.78 is 11.3. The van der Waals surface area contributed by atoms with Gasteiger partial charge < -0.3 is 19.5 Å². The van der Waals surface area contributed by atoms with Crippen LogP contribution in [0.3, 0.4) is 0 Å². The molecule has 2 aromatic carbocycles. The maximum absolute atomic E-state index is 13.3. The SMILES string of the molecule is COc1ccc(/C(O)=C2/C(=O)C(=O)N(CC3CCCO3)C2c2ccc(Cl)cc2)cc1C(C)(C)C. The molecule has 0 bridgehead atoms. The van der Waals surface area contributed by atoms with E-state index in [1.165, 1.54) is 4.90 Å². The van der Waals surface area contributed by atoms with E-state index in [9.17, 15) is 14.7 Å². The quantitative estimate of drug-likeness (QED) is 0.357. The molecule has 1 N–H and O–H groups in total. The third-order valence-corrected chi connectivity index (χ3v) is 6.68. The van der Waals surface area contributed by atoms with Crippen LogP contribution in [0.1, 0.15) is 56.3 Å². The molecule has 4 rings (SSSR count). The van der Waals surface area contributed by atoms with E-state index in [0.717, 1.165) is 18.4 Å². The number of carbonyl (C=O) groups excluding carboxylic acids is 2. The average molecular weight is 484 g/mol. The fourth-order valence-electron chi connectivity index (χ4n) is 4.66. The van der Waals surface area contributed by atoms with Crippen molar-refractivity contribution in [2.24, 2.45) is 0 Å². The third-order valence-electron chi connectivity index (χ3n) is 6.43. The zero-order valence-electron chi connectivity index (χ0n) is 19.9. The Bertz CT molecular complexity index is 1130. The van der Waals surface area contributed by atoms with Crippen molar-refractivity contribution in [1.29, 1.82) is 0 Å². The van der Waals surface area contributed by atoms with Crippen molar-refractivity contribution >= 4 is 29.1 Å². The summed E-state index contributed by atoms with van der Waals surface area (Å²) in [6.45, 7) is 7.06. The molecule has 0 aromatic heterocycles. The average Bonchev–Trinajstić information content (AvgIpc) is 3.40. The van der Waals surface area contributed by atoms with Gasteiger partial charge in [0.2, 0.25) is 0 Å². The van der Waals surface area contributed by atoms with Gasteiger partial charge in [-0.3, -0.25) is 9.59 Å². The molecule has 0 spiro atoms. The number of amides is 1. The van der Waals surface area contributed by atoms with Crippen LogP contribution in [0, 0.1) is 0 Å². The molecule has 1 amide bonds. The highest BCUT2D eigenvalue weighted by Crippen LogP contribution is 2.41. The molecule has 0 aliphatic carbocycles. The monoisotopic (exact) mass is 483 g/mol. The van der Waals surface area contributed by atoms with Crippen LogP contribution in [-0.4, -0.2) is 48.1 Å². The number of rotatable bonds is 5. The van der Waals surface area contributed by atoms with Crippen LogP contribution in [0.25, 0.3) is 5.76 Å². The Morgan fingerprint density at radius 3 is 2.47 bits per heavy atom. The highest BCUT2D eigenvalue weighted by Gasteiger charge is 2.47. The van der Waals surface area contributed by atoms with Gasteiger partial charge in [0.1, 0.15) is 11.5 Å². The number of benzene rings is 2. The fraction of sp³-hybridized carbons (Fsp3) is 0.407. The first-order chi connectivity index (χ1) is 16.1. The smallest absolute Gasteiger partial charge is 0.295 e. The highest BCUT2D eigenvalue weighted by atomic mass is 35.5. The summed E-state index contributed by atoms with van der Waals surface area (Å²) in [6, 6.07) is 11.6. The van der Waals surface area contributed by atoms with Crippen molar-refractivity contribution in [3.63, 3.8) is 0 Å². The molecule has 2 unspecified atom stereocenters. The number of ketones is 1. The van der Waals surface area contributed by atoms with E-state index in [0.29, 0.717) is 28.5 Å². The molecule has 34 heavy (non-hydrogen) atoms. The lowest BCUT2D eigenvalue weighted by atomic mass is 9.84. The Morgan fingerprint density at radius 2 is 1.88 bits per heavy atom. The second kappa shape index (κ2) is 9.43. The number of hydrogen-bond donors (Lipinski definition) is 1. The Morgan fingerprint density at radius 1 is 1.18 bits per heavy atom. The van der Waals surface area contributed by atoms with Crippen molar-refractivity contribution in [2.45, 2.75) is 51.2 Å². The lowest BCUT2D eigenvalue weighted by Crippen LogP contribution is -2.36. The standard InChI is InChI=1S/C27H30ClNO5/c1-27(2,3)20-14-17(9-12-21(20)33-4)24(30)22-23(16-7-10-18(28)11-8-16)29(26(32)25(22)31)15-19-6-5-13-34-19/h7-12,14,19,23,30H,5-6,13,15H2,1-4H3/b24-22-. The Hall–Kier alpha value is -2.83. The number of ether oxygens (including phenoxy) is 2. The second-order valence-corrected chi connectivity index (χ2v) is 10.2. The van der Waals surface area contributed by atoms with E-state index >= 15 is 0 Å². The van der Waals surface area contributed by atoms with Gasteiger partial charge in [0.05, 0.1) is 24.8 Å². The van der Waals surface area contributed by atoms with Gasteiger partial charge in [-0.05, 0) is 54.2 Å². The van der Waals surface area contributed by atoms with Crippen LogP contribution >= 0.6 is 11.6 Å². The molecule has 2 aromatic rings. The van der Waals surface area contributed by atoms with Gasteiger partial charge in [0.15, 0.2) is 0 Å². The van der Waals surface area contributed by atoms with Crippen molar-refractivity contribution < 1.29 is 24.2 Å². The summed E-state index contributed by atoms with van der Waals surface area (Å²) in [7, 11) is 1.60. The normalized spacial score (nSPS) is 22.4. The largest absolute Gasteiger partial charge is 0.507 e. The van der Waals surface area contributed by atoms with Gasteiger partial charge in [-0.1, -0.05) is 44.5 Å². The molecule has 0 radical (unpaired) electrons. The predicted octanol–water partition coefficient (Wildman–Crippen LogP) is 5.25. The van der Waals surface area contributed by atoms with E-state index in [2.05, 4.69) is 0 Å². The Kier molecular flexibility index (Phi) is 6.74. The zero-order chi connectivity index (χ0) is 24.6. The molecule has 2 heterocycles. The predicted molar refractivity (Wildman–Crippen MR) is 131 cm³/mol. The molecule has 2 saturated heterocycles. The van der Waals surface area contributed by atoms with Gasteiger partial charge >= 0.3 is 0 Å². The summed E-state index contributed by atoms with van der Waals surface area (Å²) in [6.07, 6.45) is 1.60. The van der Waals surface area contributed by atoms with Gasteiger partial charge in [0, 0.05) is 29.3 Å². The molecule has 2 aliphatic heterocycles. The summed E-state index contributed by atoms with van der Waals surface area (Å²) >= 11 is 6.09. The number of halogens is 1. The van der Waals surface area contributed by atoms with Gasteiger partial charge in [0.25, 0.3) is 11.7 Å². The van der Waals surface area contributed by atoms with Crippen LogP contribution in [0.4, 0.5) is 0 Å². The number of methoxy groups -OCH3 is 1. The summed E-state index contributed by atoms with van der Waals surface area (Å²) in [5, 5.41) is 12.0. The van der Waals surface area contributed by atoms with Crippen molar-refractivity contribution in [3.05, 3.63) is 69.8 Å². The zero-order valence-corrected chi connectivity index (χ0v) is 20.7. The number of aliphatic hydroxyl groups is 1.